The molecule has 0 spiro atoms. The highest BCUT2D eigenvalue weighted by molar-refractivity contribution is 6.38. The summed E-state index contributed by atoms with van der Waals surface area (Å²) in [5.41, 5.74) is 0.953. The zero-order valence-corrected chi connectivity index (χ0v) is 17.4. The first-order valence-electron chi connectivity index (χ1n) is 10.7. The Bertz CT molecular complexity index is 775. The maximum Gasteiger partial charge on any atom is 0.354 e. The molecule has 0 aromatic heterocycles. The lowest BCUT2D eigenvalue weighted by Crippen LogP contribution is -2.45. The molecule has 1 aromatic rings. The van der Waals surface area contributed by atoms with Gasteiger partial charge in [0.1, 0.15) is 11.8 Å². The molecule has 0 radical (unpaired) electrons. The van der Waals surface area contributed by atoms with Crippen molar-refractivity contribution in [3.63, 3.8) is 0 Å². The Balaban J connectivity index is 1.54. The topological polar surface area (TPSA) is 100 Å². The molecule has 8 heteroatoms. The first-order valence-corrected chi connectivity index (χ1v) is 10.7. The van der Waals surface area contributed by atoms with Gasteiger partial charge in [-0.25, -0.2) is 4.79 Å². The first kappa shape index (κ1) is 21.8. The second-order valence-corrected chi connectivity index (χ2v) is 7.58. The van der Waals surface area contributed by atoms with Crippen LogP contribution in [0.3, 0.4) is 0 Å². The Morgan fingerprint density at radius 1 is 1.03 bits per heavy atom. The number of esters is 1. The van der Waals surface area contributed by atoms with E-state index in [0.29, 0.717) is 13.1 Å². The van der Waals surface area contributed by atoms with Gasteiger partial charge in [-0.1, -0.05) is 37.5 Å². The zero-order valence-electron chi connectivity index (χ0n) is 17.4. The van der Waals surface area contributed by atoms with Gasteiger partial charge in [0.05, 0.1) is 12.3 Å². The quantitative estimate of drug-likeness (QED) is 0.501. The Hall–Kier alpha value is -2.90. The van der Waals surface area contributed by atoms with Crippen LogP contribution in [0, 0.1) is 5.92 Å². The normalized spacial score (nSPS) is 19.2. The number of ether oxygens (including phenoxy) is 1. The summed E-state index contributed by atoms with van der Waals surface area (Å²) in [5.74, 6) is -0.579. The molecule has 1 unspecified atom stereocenters. The van der Waals surface area contributed by atoms with Crippen LogP contribution in [-0.2, 0) is 19.1 Å². The highest BCUT2D eigenvalue weighted by atomic mass is 16.5. The Kier molecular flexibility index (Phi) is 7.82. The Morgan fingerprint density at radius 3 is 2.37 bits per heavy atom. The molecule has 2 aliphatic rings. The second kappa shape index (κ2) is 10.8. The number of hydrogen-bond acceptors (Lipinski definition) is 6. The van der Waals surface area contributed by atoms with Gasteiger partial charge in [-0.3, -0.25) is 14.6 Å². The number of hydrogen-bond donors (Lipinski definition) is 2. The fourth-order valence-corrected chi connectivity index (χ4v) is 3.87. The number of hydrazone groups is 1. The predicted octanol–water partition coefficient (Wildman–Crippen LogP) is 2.00. The molecule has 3 rings (SSSR count). The summed E-state index contributed by atoms with van der Waals surface area (Å²) in [5, 5.41) is 11.7. The minimum atomic E-state index is -0.638. The molecular weight excluding hydrogens is 384 g/mol. The third-order valence-corrected chi connectivity index (χ3v) is 5.44. The third-order valence-electron chi connectivity index (χ3n) is 5.44. The molecule has 1 atom stereocenters. The zero-order chi connectivity index (χ0) is 21.3. The van der Waals surface area contributed by atoms with Crippen molar-refractivity contribution in [3.05, 3.63) is 30.3 Å². The van der Waals surface area contributed by atoms with Gasteiger partial charge in [0.2, 0.25) is 11.8 Å². The number of anilines is 1. The summed E-state index contributed by atoms with van der Waals surface area (Å²) >= 11 is 0. The van der Waals surface area contributed by atoms with E-state index in [9.17, 15) is 14.4 Å². The van der Waals surface area contributed by atoms with Crippen LogP contribution in [0.5, 0.6) is 0 Å². The fraction of sp³-hybridized carbons (Fsp3) is 0.545. The number of carbonyl (C=O) groups excluding carboxylic acids is 3. The van der Waals surface area contributed by atoms with E-state index in [1.54, 1.807) is 11.9 Å². The molecule has 30 heavy (non-hydrogen) atoms. The Labute approximate surface area is 177 Å². The van der Waals surface area contributed by atoms with E-state index in [0.717, 1.165) is 31.4 Å². The van der Waals surface area contributed by atoms with Crippen LogP contribution >= 0.6 is 0 Å². The predicted molar refractivity (Wildman–Crippen MR) is 114 cm³/mol. The summed E-state index contributed by atoms with van der Waals surface area (Å²) < 4.78 is 5.04. The molecule has 0 saturated heterocycles. The lowest BCUT2D eigenvalue weighted by Gasteiger charge is -2.23. The minimum absolute atomic E-state index is 0.0728. The standard InChI is InChI=1S/C22H30N4O4/c1-2-30-22(29)18-15-19(26(25-18)17-11-7-4-8-12-17)21(28)24-14-13-23-20(27)16-9-5-3-6-10-16/h4,7-8,11-12,16,19H,2-3,5-6,9-10,13-15H2,1H3,(H,23,27)(H,24,28). The van der Waals surface area contributed by atoms with Crippen molar-refractivity contribution in [2.24, 2.45) is 11.0 Å². The summed E-state index contributed by atoms with van der Waals surface area (Å²) in [7, 11) is 0. The summed E-state index contributed by atoms with van der Waals surface area (Å²) in [4.78, 5) is 37.1. The second-order valence-electron chi connectivity index (χ2n) is 7.58. The van der Waals surface area contributed by atoms with Crippen molar-refractivity contribution >= 4 is 29.2 Å². The number of para-hydroxylation sites is 1. The average molecular weight is 415 g/mol. The van der Waals surface area contributed by atoms with Crippen LogP contribution in [0.1, 0.15) is 45.4 Å². The van der Waals surface area contributed by atoms with E-state index in [4.69, 9.17) is 4.74 Å². The number of benzene rings is 1. The molecule has 1 aliphatic carbocycles. The van der Waals surface area contributed by atoms with E-state index >= 15 is 0 Å². The molecule has 8 nitrogen and oxygen atoms in total. The smallest absolute Gasteiger partial charge is 0.354 e. The van der Waals surface area contributed by atoms with Crippen LogP contribution in [0.15, 0.2) is 35.4 Å². The van der Waals surface area contributed by atoms with Gasteiger partial charge in [0, 0.05) is 25.4 Å². The van der Waals surface area contributed by atoms with E-state index in [2.05, 4.69) is 15.7 Å². The number of carbonyl (C=O) groups is 3. The van der Waals surface area contributed by atoms with Crippen LogP contribution in [0.4, 0.5) is 5.69 Å². The SMILES string of the molecule is CCOC(=O)C1=NN(c2ccccc2)C(C(=O)NCCNC(=O)C2CCCCC2)C1. The molecular formula is C22H30N4O4. The molecule has 1 aromatic carbocycles. The average Bonchev–Trinajstić information content (AvgIpc) is 3.24. The fourth-order valence-electron chi connectivity index (χ4n) is 3.87. The van der Waals surface area contributed by atoms with Crippen molar-refractivity contribution in [1.29, 1.82) is 0 Å². The lowest BCUT2D eigenvalue weighted by atomic mass is 9.89. The van der Waals surface area contributed by atoms with Crippen LogP contribution in [0.2, 0.25) is 0 Å². The van der Waals surface area contributed by atoms with Crippen molar-refractivity contribution in [3.8, 4) is 0 Å². The Morgan fingerprint density at radius 2 is 1.70 bits per heavy atom. The number of nitrogens with one attached hydrogen (secondary N) is 2. The van der Waals surface area contributed by atoms with Gasteiger partial charge in [-0.15, -0.1) is 0 Å². The monoisotopic (exact) mass is 414 g/mol. The molecule has 1 saturated carbocycles. The molecule has 162 valence electrons. The van der Waals surface area contributed by atoms with Crippen LogP contribution < -0.4 is 15.6 Å². The molecule has 2 amide bonds. The molecule has 1 fully saturated rings. The number of amides is 2. The minimum Gasteiger partial charge on any atom is -0.461 e. The van der Waals surface area contributed by atoms with Gasteiger partial charge in [-0.05, 0) is 31.9 Å². The first-order chi connectivity index (χ1) is 14.6. The molecule has 1 heterocycles. The maximum absolute atomic E-state index is 12.8. The van der Waals surface area contributed by atoms with Crippen LogP contribution in [0.25, 0.3) is 0 Å². The van der Waals surface area contributed by atoms with Gasteiger partial charge < -0.3 is 15.4 Å². The molecule has 1 aliphatic heterocycles. The van der Waals surface area contributed by atoms with Crippen LogP contribution in [-0.4, -0.2) is 49.2 Å². The molecule has 2 N–H and O–H groups in total. The largest absolute Gasteiger partial charge is 0.461 e. The number of nitrogens with zero attached hydrogens (tertiary/aromatic N) is 2. The number of rotatable bonds is 8. The lowest BCUT2D eigenvalue weighted by molar-refractivity contribution is -0.135. The van der Waals surface area contributed by atoms with Gasteiger partial charge >= 0.3 is 5.97 Å². The molecule has 0 bridgehead atoms. The van der Waals surface area contributed by atoms with Crippen molar-refractivity contribution in [2.75, 3.05) is 24.7 Å². The van der Waals surface area contributed by atoms with Gasteiger partial charge in [0.25, 0.3) is 0 Å². The van der Waals surface area contributed by atoms with E-state index in [-0.39, 0.29) is 36.5 Å². The highest BCUT2D eigenvalue weighted by Crippen LogP contribution is 2.25. The van der Waals surface area contributed by atoms with Gasteiger partial charge in [-0.2, -0.15) is 5.10 Å². The van der Waals surface area contributed by atoms with Crippen molar-refractivity contribution in [1.82, 2.24) is 10.6 Å². The maximum atomic E-state index is 12.8. The van der Waals surface area contributed by atoms with Gasteiger partial charge in [0.15, 0.2) is 0 Å². The summed E-state index contributed by atoms with van der Waals surface area (Å²) in [6.45, 7) is 2.69. The van der Waals surface area contributed by atoms with Crippen molar-refractivity contribution < 1.29 is 19.1 Å². The van der Waals surface area contributed by atoms with E-state index in [1.165, 1.54) is 6.42 Å². The van der Waals surface area contributed by atoms with E-state index in [1.807, 2.05) is 30.3 Å². The summed E-state index contributed by atoms with van der Waals surface area (Å²) in [6, 6.07) is 8.61. The van der Waals surface area contributed by atoms with Crippen molar-refractivity contribution in [2.45, 2.75) is 51.5 Å². The summed E-state index contributed by atoms with van der Waals surface area (Å²) in [6.07, 6.45) is 5.48. The highest BCUT2D eigenvalue weighted by Gasteiger charge is 2.36. The third kappa shape index (κ3) is 5.58. The van der Waals surface area contributed by atoms with E-state index < -0.39 is 12.0 Å².